The van der Waals surface area contributed by atoms with Crippen LogP contribution in [0.2, 0.25) is 4.34 Å². The van der Waals surface area contributed by atoms with E-state index in [-0.39, 0.29) is 37.2 Å². The van der Waals surface area contributed by atoms with Gasteiger partial charge in [-0.25, -0.2) is 9.18 Å². The summed E-state index contributed by atoms with van der Waals surface area (Å²) in [5.41, 5.74) is 0.404. The van der Waals surface area contributed by atoms with Gasteiger partial charge in [0.25, 0.3) is 5.91 Å². The highest BCUT2D eigenvalue weighted by molar-refractivity contribution is 7.18. The Hall–Kier alpha value is -2.69. The highest BCUT2D eigenvalue weighted by Gasteiger charge is 2.35. The van der Waals surface area contributed by atoms with Gasteiger partial charge in [-0.3, -0.25) is 14.5 Å². The van der Waals surface area contributed by atoms with Gasteiger partial charge in [0.2, 0.25) is 5.91 Å². The number of halogens is 2. The Morgan fingerprint density at radius 3 is 2.78 bits per heavy atom. The summed E-state index contributed by atoms with van der Waals surface area (Å²) in [4.78, 5) is 39.9. The van der Waals surface area contributed by atoms with Crippen LogP contribution in [0.15, 0.2) is 30.3 Å². The minimum Gasteiger partial charge on any atom is -0.442 e. The number of aliphatic hydroxyl groups is 1. The first-order valence-electron chi connectivity index (χ1n) is 10.1. The third kappa shape index (κ3) is 4.57. The van der Waals surface area contributed by atoms with E-state index in [2.05, 4.69) is 5.32 Å². The molecule has 1 unspecified atom stereocenters. The largest absolute Gasteiger partial charge is 0.442 e. The van der Waals surface area contributed by atoms with E-state index in [0.29, 0.717) is 34.3 Å². The van der Waals surface area contributed by atoms with Gasteiger partial charge in [0.1, 0.15) is 11.9 Å². The number of nitrogens with zero attached hydrogens (tertiary/aromatic N) is 2. The number of carbonyl (C=O) groups excluding carboxylic acids is 3. The number of nitrogens with one attached hydrogen (secondary N) is 1. The molecule has 2 aliphatic rings. The SMILES string of the molecule is O=C(NC[C@H]1CN(c2ccc(N3CCCC(CO)C3=O)cc2F)C(=O)O1)c1ccc(Cl)s1. The number of anilines is 2. The molecule has 2 fully saturated rings. The molecule has 0 spiro atoms. The van der Waals surface area contributed by atoms with Gasteiger partial charge in [-0.1, -0.05) is 11.6 Å². The summed E-state index contributed by atoms with van der Waals surface area (Å²) >= 11 is 6.97. The quantitative estimate of drug-likeness (QED) is 0.660. The first kappa shape index (κ1) is 22.5. The van der Waals surface area contributed by atoms with Crippen molar-refractivity contribution >= 4 is 52.2 Å². The van der Waals surface area contributed by atoms with Crippen LogP contribution in [0.3, 0.4) is 0 Å². The van der Waals surface area contributed by atoms with Gasteiger partial charge in [-0.05, 0) is 43.2 Å². The lowest BCUT2D eigenvalue weighted by Crippen LogP contribution is -2.42. The number of aliphatic hydroxyl groups excluding tert-OH is 1. The molecule has 32 heavy (non-hydrogen) atoms. The number of cyclic esters (lactones) is 1. The Bertz CT molecular complexity index is 1050. The Labute approximate surface area is 192 Å². The predicted molar refractivity (Wildman–Crippen MR) is 118 cm³/mol. The molecule has 2 N–H and O–H groups in total. The molecule has 11 heteroatoms. The predicted octanol–water partition coefficient (Wildman–Crippen LogP) is 3.03. The van der Waals surface area contributed by atoms with Crippen LogP contribution < -0.4 is 15.1 Å². The van der Waals surface area contributed by atoms with Crippen LogP contribution in [0.4, 0.5) is 20.6 Å². The first-order chi connectivity index (χ1) is 15.4. The smallest absolute Gasteiger partial charge is 0.414 e. The molecule has 170 valence electrons. The second-order valence-corrected chi connectivity index (χ2v) is 9.29. The average molecular weight is 482 g/mol. The Morgan fingerprint density at radius 2 is 2.09 bits per heavy atom. The summed E-state index contributed by atoms with van der Waals surface area (Å²) in [5.74, 6) is -1.73. The first-order valence-corrected chi connectivity index (χ1v) is 11.3. The van der Waals surface area contributed by atoms with Gasteiger partial charge < -0.3 is 20.1 Å². The van der Waals surface area contributed by atoms with Gasteiger partial charge in [0.15, 0.2) is 0 Å². The van der Waals surface area contributed by atoms with Gasteiger partial charge in [0, 0.05) is 12.2 Å². The lowest BCUT2D eigenvalue weighted by Gasteiger charge is -2.31. The second kappa shape index (κ2) is 9.43. The van der Waals surface area contributed by atoms with E-state index in [1.54, 1.807) is 18.2 Å². The third-order valence-corrected chi connectivity index (χ3v) is 6.69. The van der Waals surface area contributed by atoms with Crippen LogP contribution in [0.25, 0.3) is 0 Å². The molecule has 1 aromatic heterocycles. The fourth-order valence-corrected chi connectivity index (χ4v) is 4.77. The zero-order valence-corrected chi connectivity index (χ0v) is 18.5. The Kier molecular flexibility index (Phi) is 6.63. The van der Waals surface area contributed by atoms with Crippen LogP contribution in [-0.4, -0.2) is 55.4 Å². The summed E-state index contributed by atoms with van der Waals surface area (Å²) in [6, 6.07) is 7.42. The van der Waals surface area contributed by atoms with Crippen molar-refractivity contribution in [1.82, 2.24) is 5.32 Å². The average Bonchev–Trinajstić information content (AvgIpc) is 3.37. The molecule has 2 aromatic rings. The summed E-state index contributed by atoms with van der Waals surface area (Å²) in [6.07, 6.45) is -0.0488. The molecule has 2 aliphatic heterocycles. The van der Waals surface area contributed by atoms with E-state index in [9.17, 15) is 23.9 Å². The highest BCUT2D eigenvalue weighted by atomic mass is 35.5. The fourth-order valence-electron chi connectivity index (χ4n) is 3.81. The molecular weight excluding hydrogens is 461 g/mol. The van der Waals surface area contributed by atoms with E-state index >= 15 is 0 Å². The minimum atomic E-state index is -0.718. The van der Waals surface area contributed by atoms with Gasteiger partial charge in [-0.15, -0.1) is 11.3 Å². The molecule has 2 atom stereocenters. The van der Waals surface area contributed by atoms with E-state index in [1.807, 2.05) is 0 Å². The Morgan fingerprint density at radius 1 is 1.28 bits per heavy atom. The number of piperidine rings is 1. The molecule has 0 saturated carbocycles. The van der Waals surface area contributed by atoms with Crippen molar-refractivity contribution in [3.05, 3.63) is 45.4 Å². The lowest BCUT2D eigenvalue weighted by atomic mass is 9.97. The van der Waals surface area contributed by atoms with Crippen LogP contribution in [-0.2, 0) is 9.53 Å². The number of amides is 3. The molecule has 2 saturated heterocycles. The van der Waals surface area contributed by atoms with Gasteiger partial charge in [-0.2, -0.15) is 0 Å². The topological polar surface area (TPSA) is 99.2 Å². The lowest BCUT2D eigenvalue weighted by molar-refractivity contribution is -0.125. The fraction of sp³-hybridized carbons (Fsp3) is 0.381. The maximum atomic E-state index is 14.9. The highest BCUT2D eigenvalue weighted by Crippen LogP contribution is 2.31. The zero-order valence-electron chi connectivity index (χ0n) is 16.9. The molecule has 0 aliphatic carbocycles. The summed E-state index contributed by atoms with van der Waals surface area (Å²) in [7, 11) is 0. The maximum Gasteiger partial charge on any atom is 0.414 e. The normalized spacial score (nSPS) is 21.1. The summed E-state index contributed by atoms with van der Waals surface area (Å²) in [5, 5.41) is 12.0. The number of benzene rings is 1. The summed E-state index contributed by atoms with van der Waals surface area (Å²) < 4.78 is 20.6. The molecule has 8 nitrogen and oxygen atoms in total. The standard InChI is InChI=1S/C21H21ClFN3O5S/c22-18-6-5-17(32-18)19(28)24-9-14-10-26(21(30)31-14)16-4-3-13(8-15(16)23)25-7-1-2-12(11-27)20(25)29/h3-6,8,12,14,27H,1-2,7,9-11H2,(H,24,28)/t12?,14-/m0/s1. The van der Waals surface area contributed by atoms with Crippen LogP contribution in [0.5, 0.6) is 0 Å². The van der Waals surface area contributed by atoms with Crippen molar-refractivity contribution in [2.45, 2.75) is 18.9 Å². The van der Waals surface area contributed by atoms with Crippen molar-refractivity contribution in [2.24, 2.45) is 5.92 Å². The number of thiophene rings is 1. The summed E-state index contributed by atoms with van der Waals surface area (Å²) in [6.45, 7) is 0.334. The van der Waals surface area contributed by atoms with Crippen molar-refractivity contribution in [3.63, 3.8) is 0 Å². The molecule has 1 aromatic carbocycles. The van der Waals surface area contributed by atoms with Crippen molar-refractivity contribution in [3.8, 4) is 0 Å². The van der Waals surface area contributed by atoms with Gasteiger partial charge >= 0.3 is 6.09 Å². The molecule has 4 rings (SSSR count). The van der Waals surface area contributed by atoms with Gasteiger partial charge in [0.05, 0.1) is 40.5 Å². The molecule has 3 amide bonds. The van der Waals surface area contributed by atoms with Crippen LogP contribution in [0, 0.1) is 11.7 Å². The number of carbonyl (C=O) groups is 3. The number of ether oxygens (including phenoxy) is 1. The molecule has 0 bridgehead atoms. The van der Waals surface area contributed by atoms with Crippen LogP contribution in [0.1, 0.15) is 22.5 Å². The number of hydrogen-bond donors (Lipinski definition) is 2. The minimum absolute atomic E-state index is 0.0285. The number of hydrogen-bond acceptors (Lipinski definition) is 6. The zero-order chi connectivity index (χ0) is 22.8. The van der Waals surface area contributed by atoms with Crippen molar-refractivity contribution < 1.29 is 28.6 Å². The Balaban J connectivity index is 1.40. The second-order valence-electron chi connectivity index (χ2n) is 7.58. The van der Waals surface area contributed by atoms with Crippen molar-refractivity contribution in [1.29, 1.82) is 0 Å². The monoisotopic (exact) mass is 481 g/mol. The third-order valence-electron chi connectivity index (χ3n) is 5.47. The molecule has 0 radical (unpaired) electrons. The van der Waals surface area contributed by atoms with E-state index in [0.717, 1.165) is 16.2 Å². The maximum absolute atomic E-state index is 14.9. The molecule has 3 heterocycles. The molecular formula is C21H21ClFN3O5S. The number of rotatable bonds is 6. The van der Waals surface area contributed by atoms with Crippen molar-refractivity contribution in [2.75, 3.05) is 36.0 Å². The van der Waals surface area contributed by atoms with E-state index in [4.69, 9.17) is 16.3 Å². The van der Waals surface area contributed by atoms with E-state index < -0.39 is 23.9 Å². The van der Waals surface area contributed by atoms with Crippen LogP contribution >= 0.6 is 22.9 Å². The van der Waals surface area contributed by atoms with E-state index in [1.165, 1.54) is 17.0 Å².